The smallest absolute Gasteiger partial charge is 0.550 e. The molecule has 0 aromatic carbocycles. The van der Waals surface area contributed by atoms with Crippen molar-refractivity contribution in [3.8, 4) is 0 Å². The van der Waals surface area contributed by atoms with Crippen molar-refractivity contribution >= 4 is 11.9 Å². The van der Waals surface area contributed by atoms with E-state index in [9.17, 15) is 19.8 Å². The van der Waals surface area contributed by atoms with Crippen molar-refractivity contribution in [2.24, 2.45) is 11.8 Å². The Hall–Kier alpha value is -0.541. The van der Waals surface area contributed by atoms with Crippen LogP contribution in [0, 0.1) is 11.8 Å². The van der Waals surface area contributed by atoms with Crippen LogP contribution < -0.4 is 10.2 Å². The average molecular weight is 406 g/mol. The SMILES string of the molecule is CCCCCCC(CC)C(=O)[O-].CCCCCCC(CC)C(=O)[O-].[Cu+2]. The van der Waals surface area contributed by atoms with Gasteiger partial charge in [-0.25, -0.2) is 0 Å². The molecular weight excluding hydrogens is 368 g/mol. The van der Waals surface area contributed by atoms with E-state index >= 15 is 0 Å². The molecule has 0 bridgehead atoms. The maximum Gasteiger partial charge on any atom is 2.00 e. The Morgan fingerprint density at radius 2 is 0.960 bits per heavy atom. The zero-order valence-corrected chi connectivity index (χ0v) is 17.5. The van der Waals surface area contributed by atoms with Crippen LogP contribution in [-0.4, -0.2) is 11.9 Å². The number of hydrogen-bond acceptors (Lipinski definition) is 4. The van der Waals surface area contributed by atoms with Gasteiger partial charge in [-0.3, -0.25) is 0 Å². The minimum absolute atomic E-state index is 0. The number of carbonyl (C=O) groups is 2. The van der Waals surface area contributed by atoms with E-state index in [2.05, 4.69) is 13.8 Å². The van der Waals surface area contributed by atoms with E-state index in [1.54, 1.807) is 0 Å². The maximum absolute atomic E-state index is 10.5. The molecule has 2 unspecified atom stereocenters. The van der Waals surface area contributed by atoms with Gasteiger partial charge in [0.1, 0.15) is 0 Å². The molecule has 0 aliphatic rings. The molecule has 0 amide bonds. The molecule has 5 heteroatoms. The van der Waals surface area contributed by atoms with E-state index < -0.39 is 11.9 Å². The fourth-order valence-electron chi connectivity index (χ4n) is 2.61. The number of carboxylic acids is 2. The van der Waals surface area contributed by atoms with E-state index in [-0.39, 0.29) is 28.9 Å². The van der Waals surface area contributed by atoms with Crippen LogP contribution in [0.25, 0.3) is 0 Å². The molecule has 0 saturated heterocycles. The third-order valence-corrected chi connectivity index (χ3v) is 4.46. The van der Waals surface area contributed by atoms with Crippen molar-refractivity contribution < 1.29 is 36.9 Å². The van der Waals surface area contributed by atoms with E-state index in [1.807, 2.05) is 13.8 Å². The van der Waals surface area contributed by atoms with Gasteiger partial charge < -0.3 is 19.8 Å². The quantitative estimate of drug-likeness (QED) is 0.327. The molecule has 25 heavy (non-hydrogen) atoms. The van der Waals surface area contributed by atoms with Gasteiger partial charge in [0.15, 0.2) is 0 Å². The Bertz CT molecular complexity index is 278. The second-order valence-corrected chi connectivity index (χ2v) is 6.55. The number of carbonyl (C=O) groups excluding carboxylic acids is 2. The summed E-state index contributed by atoms with van der Waals surface area (Å²) >= 11 is 0. The molecule has 0 N–H and O–H groups in total. The van der Waals surface area contributed by atoms with E-state index in [0.29, 0.717) is 12.8 Å². The van der Waals surface area contributed by atoms with Crippen LogP contribution in [-0.2, 0) is 26.7 Å². The third-order valence-electron chi connectivity index (χ3n) is 4.46. The van der Waals surface area contributed by atoms with Gasteiger partial charge in [0.25, 0.3) is 0 Å². The predicted octanol–water partition coefficient (Wildman–Crippen LogP) is 3.46. The van der Waals surface area contributed by atoms with Crippen LogP contribution in [0.3, 0.4) is 0 Å². The van der Waals surface area contributed by atoms with Gasteiger partial charge in [0.2, 0.25) is 0 Å². The summed E-state index contributed by atoms with van der Waals surface area (Å²) in [7, 11) is 0. The Morgan fingerprint density at radius 1 is 0.640 bits per heavy atom. The third kappa shape index (κ3) is 19.6. The number of rotatable bonds is 14. The summed E-state index contributed by atoms with van der Waals surface area (Å²) < 4.78 is 0. The van der Waals surface area contributed by atoms with Crippen molar-refractivity contribution in [1.29, 1.82) is 0 Å². The number of carboxylic acid groups (broad SMARTS) is 2. The number of hydrogen-bond donors (Lipinski definition) is 0. The van der Waals surface area contributed by atoms with Crippen molar-refractivity contribution in [2.45, 2.75) is 105 Å². The van der Waals surface area contributed by atoms with Crippen LogP contribution >= 0.6 is 0 Å². The normalized spacial score (nSPS) is 12.3. The zero-order valence-electron chi connectivity index (χ0n) is 16.6. The molecule has 0 aromatic rings. The van der Waals surface area contributed by atoms with Gasteiger partial charge in [0, 0.05) is 11.9 Å². The molecule has 0 saturated carbocycles. The van der Waals surface area contributed by atoms with Crippen molar-refractivity contribution in [1.82, 2.24) is 0 Å². The van der Waals surface area contributed by atoms with Crippen LogP contribution in [0.15, 0.2) is 0 Å². The van der Waals surface area contributed by atoms with Gasteiger partial charge in [0.05, 0.1) is 0 Å². The first kappa shape index (κ1) is 29.2. The largest absolute Gasteiger partial charge is 2.00 e. The first-order valence-corrected chi connectivity index (χ1v) is 9.86. The molecule has 0 fully saturated rings. The Kier molecular flexibility index (Phi) is 25.1. The molecule has 153 valence electrons. The fraction of sp³-hybridized carbons (Fsp3) is 0.900. The van der Waals surface area contributed by atoms with Gasteiger partial charge in [-0.1, -0.05) is 79.1 Å². The number of aliphatic carboxylic acids is 2. The first-order valence-electron chi connectivity index (χ1n) is 9.86. The molecule has 0 spiro atoms. The van der Waals surface area contributed by atoms with Gasteiger partial charge >= 0.3 is 17.1 Å². The standard InChI is InChI=1S/2C10H20O2.Cu/c2*1-3-5-6-7-8-9(4-2)10(11)12;/h2*9H,3-8H2,1-2H3,(H,11,12);/q;;+2/p-2. The first-order chi connectivity index (χ1) is 11.4. The summed E-state index contributed by atoms with van der Waals surface area (Å²) in [5.74, 6) is -2.20. The molecule has 2 atom stereocenters. The Morgan fingerprint density at radius 3 is 1.16 bits per heavy atom. The molecule has 0 rings (SSSR count). The summed E-state index contributed by atoms with van der Waals surface area (Å²) in [5, 5.41) is 21.0. The molecular formula is C20H38CuO4. The molecule has 0 heterocycles. The average Bonchev–Trinajstić information content (AvgIpc) is 2.55. The fourth-order valence-corrected chi connectivity index (χ4v) is 2.61. The topological polar surface area (TPSA) is 80.3 Å². The summed E-state index contributed by atoms with van der Waals surface area (Å²) in [6.07, 6.45) is 12.2. The molecule has 1 radical (unpaired) electrons. The van der Waals surface area contributed by atoms with Gasteiger partial charge in [-0.15, -0.1) is 0 Å². The van der Waals surface area contributed by atoms with Crippen LogP contribution in [0.4, 0.5) is 0 Å². The summed E-state index contributed by atoms with van der Waals surface area (Å²) in [6, 6.07) is 0. The van der Waals surface area contributed by atoms with Crippen molar-refractivity contribution in [3.05, 3.63) is 0 Å². The zero-order chi connectivity index (χ0) is 18.8. The molecule has 0 aliphatic carbocycles. The Balaban J connectivity index is -0.000000372. The maximum atomic E-state index is 10.5. The second-order valence-electron chi connectivity index (χ2n) is 6.55. The van der Waals surface area contributed by atoms with E-state index in [4.69, 9.17) is 0 Å². The minimum Gasteiger partial charge on any atom is -0.550 e. The van der Waals surface area contributed by atoms with Gasteiger partial charge in [-0.2, -0.15) is 0 Å². The molecule has 0 aromatic heterocycles. The van der Waals surface area contributed by atoms with Crippen molar-refractivity contribution in [2.75, 3.05) is 0 Å². The summed E-state index contributed by atoms with van der Waals surface area (Å²) in [6.45, 7) is 8.10. The van der Waals surface area contributed by atoms with Crippen LogP contribution in [0.2, 0.25) is 0 Å². The van der Waals surface area contributed by atoms with Crippen molar-refractivity contribution in [3.63, 3.8) is 0 Å². The molecule has 4 nitrogen and oxygen atoms in total. The van der Waals surface area contributed by atoms with Gasteiger partial charge in [-0.05, 0) is 37.5 Å². The van der Waals surface area contributed by atoms with Crippen LogP contribution in [0.1, 0.15) is 105 Å². The van der Waals surface area contributed by atoms with Crippen LogP contribution in [0.5, 0.6) is 0 Å². The predicted molar refractivity (Wildman–Crippen MR) is 95.1 cm³/mol. The molecule has 0 aliphatic heterocycles. The van der Waals surface area contributed by atoms with E-state index in [1.165, 1.54) is 25.7 Å². The minimum atomic E-state index is -0.881. The number of unbranched alkanes of at least 4 members (excludes halogenated alkanes) is 6. The second kappa shape index (κ2) is 21.5. The monoisotopic (exact) mass is 405 g/mol. The van der Waals surface area contributed by atoms with E-state index in [0.717, 1.165) is 38.5 Å². The summed E-state index contributed by atoms with van der Waals surface area (Å²) in [4.78, 5) is 21.0. The Labute approximate surface area is 165 Å². The summed E-state index contributed by atoms with van der Waals surface area (Å²) in [5.41, 5.74) is 0.